The Balaban J connectivity index is 1.80. The summed E-state index contributed by atoms with van der Waals surface area (Å²) in [6.45, 7) is 2.29. The lowest BCUT2D eigenvalue weighted by Crippen LogP contribution is -2.17. The number of thiophene rings is 1. The minimum Gasteiger partial charge on any atom is -0.381 e. The zero-order chi connectivity index (χ0) is 11.9. The summed E-state index contributed by atoms with van der Waals surface area (Å²) >= 11 is 3.83. The number of ether oxygens (including phenoxy) is 1. The summed E-state index contributed by atoms with van der Waals surface area (Å²) in [6, 6.07) is 4.27. The third-order valence-electron chi connectivity index (χ3n) is 2.60. The van der Waals surface area contributed by atoms with Gasteiger partial charge in [-0.2, -0.15) is 11.8 Å². The minimum absolute atomic E-state index is 0.435. The van der Waals surface area contributed by atoms with Crippen LogP contribution in [0.4, 0.5) is 0 Å². The van der Waals surface area contributed by atoms with Gasteiger partial charge in [-0.25, -0.2) is 0 Å². The summed E-state index contributed by atoms with van der Waals surface area (Å²) in [6.07, 6.45) is 2.38. The molecule has 1 fully saturated rings. The lowest BCUT2D eigenvalue weighted by atomic mass is 10.2. The topological polar surface area (TPSA) is 35.2 Å². The van der Waals surface area contributed by atoms with Gasteiger partial charge in [0.25, 0.3) is 0 Å². The quantitative estimate of drug-likeness (QED) is 0.855. The second-order valence-electron chi connectivity index (χ2n) is 3.89. The fourth-order valence-electron chi connectivity index (χ4n) is 1.70. The molecule has 0 spiro atoms. The maximum atomic E-state index is 5.36. The van der Waals surface area contributed by atoms with Crippen molar-refractivity contribution in [1.82, 2.24) is 0 Å². The largest absolute Gasteiger partial charge is 0.381 e. The molecule has 1 aromatic rings. The summed E-state index contributed by atoms with van der Waals surface area (Å²) in [5.41, 5.74) is 5.35. The Morgan fingerprint density at radius 1 is 1.41 bits per heavy atom. The number of nitrogens with two attached hydrogens (primary N) is 1. The van der Waals surface area contributed by atoms with Crippen LogP contribution in [0.25, 0.3) is 0 Å². The van der Waals surface area contributed by atoms with Crippen molar-refractivity contribution in [3.63, 3.8) is 0 Å². The van der Waals surface area contributed by atoms with Gasteiger partial charge in [0, 0.05) is 29.1 Å². The van der Waals surface area contributed by atoms with Gasteiger partial charge in [0.05, 0.1) is 11.4 Å². The van der Waals surface area contributed by atoms with Crippen LogP contribution in [0.15, 0.2) is 12.1 Å². The summed E-state index contributed by atoms with van der Waals surface area (Å²) in [5, 5.41) is 0.768. The highest BCUT2D eigenvalue weighted by molar-refractivity contribution is 7.99. The van der Waals surface area contributed by atoms with Crippen molar-refractivity contribution in [2.45, 2.75) is 23.8 Å². The Morgan fingerprint density at radius 2 is 2.24 bits per heavy atom. The van der Waals surface area contributed by atoms with Gasteiger partial charge in [-0.3, -0.25) is 0 Å². The first-order chi connectivity index (χ1) is 8.38. The lowest BCUT2D eigenvalue weighted by Gasteiger charge is -2.20. The molecule has 0 amide bonds. The van der Waals surface area contributed by atoms with Crippen molar-refractivity contribution in [2.24, 2.45) is 5.73 Å². The summed E-state index contributed by atoms with van der Waals surface area (Å²) in [4.78, 5) is 2.53. The van der Waals surface area contributed by atoms with Crippen LogP contribution in [0.5, 0.6) is 0 Å². The first-order valence-corrected chi connectivity index (χ1v) is 7.72. The van der Waals surface area contributed by atoms with Crippen LogP contribution < -0.4 is 5.73 Å². The zero-order valence-electron chi connectivity index (χ0n) is 9.78. The molecule has 2 heterocycles. The number of thioether (sulfide) groups is 1. The van der Waals surface area contributed by atoms with Crippen molar-refractivity contribution in [2.75, 3.05) is 19.8 Å². The summed E-state index contributed by atoms with van der Waals surface area (Å²) in [7, 11) is 0. The van der Waals surface area contributed by atoms with Crippen molar-refractivity contribution in [3.05, 3.63) is 21.9 Å². The van der Waals surface area contributed by atoms with E-state index >= 15 is 0 Å². The molecular weight excluding hydrogens is 250 g/mol. The Hall–Kier alpha value is -0.470. The molecule has 0 aromatic carbocycles. The van der Waals surface area contributed by atoms with E-state index in [9.17, 15) is 0 Å². The van der Waals surface area contributed by atoms with Crippen LogP contribution in [0.1, 0.15) is 22.6 Å². The molecule has 0 saturated carbocycles. The predicted molar refractivity (Wildman–Crippen MR) is 75.4 cm³/mol. The smallest absolute Gasteiger partial charge is 0.0772 e. The zero-order valence-corrected chi connectivity index (χ0v) is 11.4. The third kappa shape index (κ3) is 4.36. The van der Waals surface area contributed by atoms with E-state index in [0.29, 0.717) is 6.54 Å². The molecule has 1 aromatic heterocycles. The van der Waals surface area contributed by atoms with Crippen LogP contribution in [-0.2, 0) is 10.5 Å². The number of hydrogen-bond acceptors (Lipinski definition) is 4. The fraction of sp³-hybridized carbons (Fsp3) is 0.538. The van der Waals surface area contributed by atoms with E-state index in [1.165, 1.54) is 17.7 Å². The highest BCUT2D eigenvalue weighted by atomic mass is 32.2. The Bertz CT molecular complexity index is 399. The van der Waals surface area contributed by atoms with Gasteiger partial charge in [-0.15, -0.1) is 11.3 Å². The van der Waals surface area contributed by atoms with Crippen LogP contribution in [-0.4, -0.2) is 25.0 Å². The minimum atomic E-state index is 0.435. The molecule has 2 nitrogen and oxygen atoms in total. The Kier molecular flexibility index (Phi) is 5.40. The Morgan fingerprint density at radius 3 is 3.00 bits per heavy atom. The monoisotopic (exact) mass is 267 g/mol. The van der Waals surface area contributed by atoms with Gasteiger partial charge in [0.2, 0.25) is 0 Å². The molecule has 0 aliphatic carbocycles. The molecule has 4 heteroatoms. The fourth-order valence-corrected chi connectivity index (χ4v) is 3.84. The Labute approximate surface area is 111 Å². The number of hydrogen-bond donors (Lipinski definition) is 1. The third-order valence-corrected chi connectivity index (χ3v) is 5.21. The molecule has 92 valence electrons. The normalized spacial score (nSPS) is 16.5. The second-order valence-corrected chi connectivity index (χ2v) is 6.35. The van der Waals surface area contributed by atoms with E-state index < -0.39 is 0 Å². The summed E-state index contributed by atoms with van der Waals surface area (Å²) < 4.78 is 5.36. The maximum Gasteiger partial charge on any atom is 0.0772 e. The van der Waals surface area contributed by atoms with Gasteiger partial charge < -0.3 is 10.5 Å². The van der Waals surface area contributed by atoms with E-state index in [2.05, 4.69) is 24.0 Å². The van der Waals surface area contributed by atoms with Gasteiger partial charge >= 0.3 is 0 Å². The lowest BCUT2D eigenvalue weighted by molar-refractivity contribution is 0.1000. The van der Waals surface area contributed by atoms with Gasteiger partial charge in [0.15, 0.2) is 0 Å². The van der Waals surface area contributed by atoms with Crippen LogP contribution >= 0.6 is 23.1 Å². The van der Waals surface area contributed by atoms with Gasteiger partial charge in [0.1, 0.15) is 0 Å². The van der Waals surface area contributed by atoms with Crippen molar-refractivity contribution >= 4 is 23.1 Å². The average molecular weight is 267 g/mol. The highest BCUT2D eigenvalue weighted by Crippen LogP contribution is 2.28. The molecule has 0 atom stereocenters. The standard InChI is InChI=1S/C13H17NOS2/c14-7-1-2-12-3-4-13(17-12)10-16-11-5-8-15-9-6-11/h3-4,11H,5-10,14H2. The molecule has 0 bridgehead atoms. The molecular formula is C13H17NOS2. The van der Waals surface area contributed by atoms with E-state index in [4.69, 9.17) is 10.5 Å². The van der Waals surface area contributed by atoms with E-state index in [-0.39, 0.29) is 0 Å². The molecule has 2 N–H and O–H groups in total. The second kappa shape index (κ2) is 7.07. The number of rotatable bonds is 3. The maximum absolute atomic E-state index is 5.36. The predicted octanol–water partition coefficient (Wildman–Crippen LogP) is 2.47. The molecule has 1 aliphatic rings. The first kappa shape index (κ1) is 13.0. The molecule has 17 heavy (non-hydrogen) atoms. The molecule has 1 aliphatic heterocycles. The molecule has 1 saturated heterocycles. The van der Waals surface area contributed by atoms with Crippen molar-refractivity contribution in [1.29, 1.82) is 0 Å². The SMILES string of the molecule is NCC#Cc1ccc(CSC2CCOCC2)s1. The summed E-state index contributed by atoms with van der Waals surface area (Å²) in [5.74, 6) is 7.06. The van der Waals surface area contributed by atoms with Crippen LogP contribution in [0.3, 0.4) is 0 Å². The van der Waals surface area contributed by atoms with E-state index in [0.717, 1.165) is 29.1 Å². The van der Waals surface area contributed by atoms with Crippen LogP contribution in [0.2, 0.25) is 0 Å². The van der Waals surface area contributed by atoms with Crippen molar-refractivity contribution in [3.8, 4) is 11.8 Å². The highest BCUT2D eigenvalue weighted by Gasteiger charge is 2.14. The van der Waals surface area contributed by atoms with Crippen molar-refractivity contribution < 1.29 is 4.74 Å². The van der Waals surface area contributed by atoms with E-state index in [1.54, 1.807) is 11.3 Å². The molecule has 0 radical (unpaired) electrons. The molecule has 0 unspecified atom stereocenters. The van der Waals surface area contributed by atoms with Gasteiger partial charge in [-0.1, -0.05) is 11.8 Å². The van der Waals surface area contributed by atoms with Crippen LogP contribution in [0, 0.1) is 11.8 Å². The van der Waals surface area contributed by atoms with Gasteiger partial charge in [-0.05, 0) is 25.0 Å². The molecule has 2 rings (SSSR count). The average Bonchev–Trinajstić information content (AvgIpc) is 2.83. The first-order valence-electron chi connectivity index (χ1n) is 5.85. The van der Waals surface area contributed by atoms with E-state index in [1.807, 2.05) is 11.8 Å².